The highest BCUT2D eigenvalue weighted by Crippen LogP contribution is 2.28. The molecule has 0 bridgehead atoms. The molecule has 0 spiro atoms. The lowest BCUT2D eigenvalue weighted by molar-refractivity contribution is 0.0796. The Hall–Kier alpha value is -1.23. The summed E-state index contributed by atoms with van der Waals surface area (Å²) in [5, 5.41) is 12.8. The van der Waals surface area contributed by atoms with Gasteiger partial charge >= 0.3 is 0 Å². The molecule has 1 aromatic carbocycles. The minimum absolute atomic E-state index is 0.215. The van der Waals surface area contributed by atoms with Gasteiger partial charge in [0.05, 0.1) is 5.60 Å². The van der Waals surface area contributed by atoms with Crippen molar-refractivity contribution in [1.29, 1.82) is 0 Å². The van der Waals surface area contributed by atoms with Crippen LogP contribution in [0, 0.1) is 5.82 Å². The van der Waals surface area contributed by atoms with E-state index in [1.54, 1.807) is 37.3 Å². The molecule has 4 heteroatoms. The van der Waals surface area contributed by atoms with Crippen molar-refractivity contribution in [2.75, 3.05) is 6.54 Å². The number of hydrogen-bond donors (Lipinski definition) is 2. The number of aliphatic hydroxyl groups is 1. The first-order valence-electron chi connectivity index (χ1n) is 6.22. The fraction of sp³-hybridized carbons (Fsp3) is 0.333. The van der Waals surface area contributed by atoms with Crippen LogP contribution >= 0.6 is 11.3 Å². The molecule has 102 valence electrons. The first kappa shape index (κ1) is 14.2. The van der Waals surface area contributed by atoms with Gasteiger partial charge in [-0.1, -0.05) is 12.1 Å². The lowest BCUT2D eigenvalue weighted by atomic mass is 10.1. The number of rotatable bonds is 5. The summed E-state index contributed by atoms with van der Waals surface area (Å²) in [5.41, 5.74) is 0.196. The van der Waals surface area contributed by atoms with E-state index in [0.29, 0.717) is 13.1 Å². The van der Waals surface area contributed by atoms with E-state index in [1.165, 1.54) is 10.9 Å². The number of benzene rings is 1. The van der Waals surface area contributed by atoms with Gasteiger partial charge in [-0.05, 0) is 43.7 Å². The molecule has 0 radical (unpaired) electrons. The van der Waals surface area contributed by atoms with Gasteiger partial charge in [-0.25, -0.2) is 4.39 Å². The fourth-order valence-electron chi connectivity index (χ4n) is 1.76. The van der Waals surface area contributed by atoms with Crippen LogP contribution in [0.15, 0.2) is 36.4 Å². The highest BCUT2D eigenvalue weighted by Gasteiger charge is 2.11. The zero-order valence-corrected chi connectivity index (χ0v) is 11.9. The van der Waals surface area contributed by atoms with Crippen LogP contribution in [0.1, 0.15) is 18.7 Å². The van der Waals surface area contributed by atoms with E-state index in [2.05, 4.69) is 5.32 Å². The van der Waals surface area contributed by atoms with E-state index in [-0.39, 0.29) is 5.82 Å². The van der Waals surface area contributed by atoms with Crippen molar-refractivity contribution < 1.29 is 9.50 Å². The lowest BCUT2D eigenvalue weighted by Gasteiger charge is -2.17. The van der Waals surface area contributed by atoms with Crippen molar-refractivity contribution in [3.8, 4) is 10.4 Å². The summed E-state index contributed by atoms with van der Waals surface area (Å²) in [4.78, 5) is 2.23. The lowest BCUT2D eigenvalue weighted by Crippen LogP contribution is -2.34. The molecule has 0 atom stereocenters. The minimum Gasteiger partial charge on any atom is -0.389 e. The molecule has 0 aliphatic heterocycles. The van der Waals surface area contributed by atoms with Gasteiger partial charge in [-0.2, -0.15) is 0 Å². The van der Waals surface area contributed by atoms with Crippen molar-refractivity contribution in [3.05, 3.63) is 47.1 Å². The molecule has 19 heavy (non-hydrogen) atoms. The molecule has 1 aromatic heterocycles. The Morgan fingerprint density at radius 2 is 2.05 bits per heavy atom. The largest absolute Gasteiger partial charge is 0.389 e. The van der Waals surface area contributed by atoms with Gasteiger partial charge in [0, 0.05) is 22.8 Å². The van der Waals surface area contributed by atoms with Gasteiger partial charge in [0.2, 0.25) is 0 Å². The van der Waals surface area contributed by atoms with Crippen LogP contribution in [0.5, 0.6) is 0 Å². The Morgan fingerprint density at radius 1 is 1.26 bits per heavy atom. The molecule has 0 aliphatic rings. The van der Waals surface area contributed by atoms with E-state index >= 15 is 0 Å². The molecule has 0 saturated heterocycles. The zero-order valence-electron chi connectivity index (χ0n) is 11.1. The van der Waals surface area contributed by atoms with Crippen LogP contribution in [-0.4, -0.2) is 17.3 Å². The van der Waals surface area contributed by atoms with Crippen molar-refractivity contribution in [2.24, 2.45) is 0 Å². The highest BCUT2D eigenvalue weighted by atomic mass is 32.1. The van der Waals surface area contributed by atoms with E-state index in [4.69, 9.17) is 0 Å². The summed E-state index contributed by atoms with van der Waals surface area (Å²) in [7, 11) is 0. The van der Waals surface area contributed by atoms with Crippen LogP contribution in [0.4, 0.5) is 4.39 Å². The van der Waals surface area contributed by atoms with Crippen molar-refractivity contribution in [2.45, 2.75) is 26.0 Å². The average Bonchev–Trinajstić information content (AvgIpc) is 2.76. The second-order valence-corrected chi connectivity index (χ2v) is 6.36. The third kappa shape index (κ3) is 4.42. The molecule has 0 fully saturated rings. The predicted octanol–water partition coefficient (Wildman–Crippen LogP) is 3.41. The third-order valence-corrected chi connectivity index (χ3v) is 3.76. The molecule has 2 aromatic rings. The molecule has 2 rings (SSSR count). The standard InChI is InChI=1S/C15H18FNOS/c1-15(2,18)10-17-9-13-6-7-14(19-13)11-4-3-5-12(16)8-11/h3-8,17-18H,9-10H2,1-2H3. The number of halogens is 1. The van der Waals surface area contributed by atoms with E-state index in [9.17, 15) is 9.50 Å². The van der Waals surface area contributed by atoms with Gasteiger partial charge in [-0.15, -0.1) is 11.3 Å². The van der Waals surface area contributed by atoms with E-state index in [1.807, 2.05) is 18.2 Å². The summed E-state index contributed by atoms with van der Waals surface area (Å²) >= 11 is 1.63. The maximum atomic E-state index is 13.2. The Labute approximate surface area is 116 Å². The summed E-state index contributed by atoms with van der Waals surface area (Å²) in [6.07, 6.45) is 0. The Bertz CT molecular complexity index is 545. The number of thiophene rings is 1. The summed E-state index contributed by atoms with van der Waals surface area (Å²) in [5.74, 6) is -0.215. The van der Waals surface area contributed by atoms with Crippen LogP contribution in [-0.2, 0) is 6.54 Å². The van der Waals surface area contributed by atoms with Gasteiger partial charge in [0.15, 0.2) is 0 Å². The second kappa shape index (κ2) is 5.82. The predicted molar refractivity (Wildman–Crippen MR) is 77.7 cm³/mol. The van der Waals surface area contributed by atoms with Gasteiger partial charge in [-0.3, -0.25) is 0 Å². The van der Waals surface area contributed by atoms with Crippen LogP contribution in [0.3, 0.4) is 0 Å². The molecular formula is C15H18FNOS. The summed E-state index contributed by atoms with van der Waals surface area (Å²) < 4.78 is 13.2. The third-order valence-electron chi connectivity index (χ3n) is 2.63. The second-order valence-electron chi connectivity index (χ2n) is 5.19. The summed E-state index contributed by atoms with van der Waals surface area (Å²) in [6.45, 7) is 4.80. The zero-order chi connectivity index (χ0) is 13.9. The molecule has 0 unspecified atom stereocenters. The number of hydrogen-bond acceptors (Lipinski definition) is 3. The van der Waals surface area contributed by atoms with Crippen molar-refractivity contribution >= 4 is 11.3 Å². The van der Waals surface area contributed by atoms with Gasteiger partial charge in [0.1, 0.15) is 5.82 Å². The number of nitrogens with one attached hydrogen (secondary N) is 1. The molecule has 0 saturated carbocycles. The van der Waals surface area contributed by atoms with E-state index in [0.717, 1.165) is 10.4 Å². The molecule has 0 amide bonds. The SMILES string of the molecule is CC(C)(O)CNCc1ccc(-c2cccc(F)c2)s1. The Kier molecular flexibility index (Phi) is 4.34. The molecule has 2 N–H and O–H groups in total. The smallest absolute Gasteiger partial charge is 0.123 e. The topological polar surface area (TPSA) is 32.3 Å². The first-order valence-corrected chi connectivity index (χ1v) is 7.03. The maximum absolute atomic E-state index is 13.2. The van der Waals surface area contributed by atoms with Crippen molar-refractivity contribution in [1.82, 2.24) is 5.32 Å². The Morgan fingerprint density at radius 3 is 2.74 bits per heavy atom. The van der Waals surface area contributed by atoms with Gasteiger partial charge < -0.3 is 10.4 Å². The van der Waals surface area contributed by atoms with E-state index < -0.39 is 5.60 Å². The summed E-state index contributed by atoms with van der Waals surface area (Å²) in [6, 6.07) is 10.6. The van der Waals surface area contributed by atoms with Crippen molar-refractivity contribution in [3.63, 3.8) is 0 Å². The highest BCUT2D eigenvalue weighted by molar-refractivity contribution is 7.15. The maximum Gasteiger partial charge on any atom is 0.123 e. The molecule has 0 aliphatic carbocycles. The monoisotopic (exact) mass is 279 g/mol. The van der Waals surface area contributed by atoms with Crippen LogP contribution in [0.25, 0.3) is 10.4 Å². The molecule has 2 nitrogen and oxygen atoms in total. The average molecular weight is 279 g/mol. The minimum atomic E-state index is -0.706. The first-order chi connectivity index (χ1) is 8.94. The van der Waals surface area contributed by atoms with Crippen LogP contribution in [0.2, 0.25) is 0 Å². The fourth-order valence-corrected chi connectivity index (χ4v) is 2.74. The molecule has 1 heterocycles. The van der Waals surface area contributed by atoms with Crippen LogP contribution < -0.4 is 5.32 Å². The van der Waals surface area contributed by atoms with Gasteiger partial charge in [0.25, 0.3) is 0 Å². The Balaban J connectivity index is 1.99. The molecular weight excluding hydrogens is 261 g/mol. The quantitative estimate of drug-likeness (QED) is 0.879. The normalized spacial score (nSPS) is 11.8.